The van der Waals surface area contributed by atoms with Gasteiger partial charge >= 0.3 is 0 Å². The van der Waals surface area contributed by atoms with E-state index in [0.717, 1.165) is 24.8 Å². The van der Waals surface area contributed by atoms with E-state index in [1.807, 2.05) is 5.38 Å². The number of hydrogen-bond acceptors (Lipinski definition) is 5. The van der Waals surface area contributed by atoms with Gasteiger partial charge in [0.2, 0.25) is 5.91 Å². The number of halogens is 2. The lowest BCUT2D eigenvalue weighted by Gasteiger charge is -2.30. The van der Waals surface area contributed by atoms with Gasteiger partial charge in [0.05, 0.1) is 15.7 Å². The number of carboxylic acids is 1. The van der Waals surface area contributed by atoms with E-state index < -0.39 is 17.8 Å². The van der Waals surface area contributed by atoms with Crippen LogP contribution in [0.5, 0.6) is 0 Å². The molecule has 4 atom stereocenters. The van der Waals surface area contributed by atoms with E-state index in [1.54, 1.807) is 18.2 Å². The maximum Gasteiger partial charge on any atom is 0.230 e. The fourth-order valence-corrected chi connectivity index (χ4v) is 5.34. The number of amides is 1. The van der Waals surface area contributed by atoms with Crippen molar-refractivity contribution < 1.29 is 14.7 Å². The highest BCUT2D eigenvalue weighted by atomic mass is 35.5. The van der Waals surface area contributed by atoms with Crippen LogP contribution in [-0.4, -0.2) is 16.9 Å². The van der Waals surface area contributed by atoms with Crippen LogP contribution in [0.2, 0.25) is 10.0 Å². The molecule has 2 fully saturated rings. The molecule has 1 aromatic heterocycles. The number of aromatic nitrogens is 1. The SMILES string of the molecule is O=C([O-])[C@H]1[C@H]2CC[C@@H](C2)[C@@H]1C(=O)Nc1nc(-c2ccc(Cl)c(Cl)c2)cs1. The number of benzene rings is 1. The fraction of sp³-hybridized carbons (Fsp3) is 0.389. The zero-order chi connectivity index (χ0) is 18.4. The minimum Gasteiger partial charge on any atom is -0.550 e. The quantitative estimate of drug-likeness (QED) is 0.837. The molecular formula is C18H15Cl2N2O3S-. The van der Waals surface area contributed by atoms with Crippen molar-refractivity contribution in [1.29, 1.82) is 0 Å². The van der Waals surface area contributed by atoms with Crippen LogP contribution in [0, 0.1) is 23.7 Å². The van der Waals surface area contributed by atoms with Crippen molar-refractivity contribution in [1.82, 2.24) is 4.98 Å². The molecule has 2 aliphatic rings. The van der Waals surface area contributed by atoms with Crippen LogP contribution >= 0.6 is 34.5 Å². The second-order valence-corrected chi connectivity index (χ2v) is 8.53. The summed E-state index contributed by atoms with van der Waals surface area (Å²) in [5, 5.41) is 17.4. The number of carbonyl (C=O) groups is 2. The minimum absolute atomic E-state index is 0.0591. The lowest BCUT2D eigenvalue weighted by molar-refractivity contribution is -0.314. The number of hydrogen-bond donors (Lipinski definition) is 1. The summed E-state index contributed by atoms with van der Waals surface area (Å²) >= 11 is 13.2. The van der Waals surface area contributed by atoms with Crippen LogP contribution in [0.4, 0.5) is 5.13 Å². The molecule has 1 amide bonds. The molecule has 0 spiro atoms. The van der Waals surface area contributed by atoms with E-state index in [0.29, 0.717) is 20.9 Å². The van der Waals surface area contributed by atoms with Crippen molar-refractivity contribution in [2.24, 2.45) is 23.7 Å². The van der Waals surface area contributed by atoms with Crippen LogP contribution < -0.4 is 10.4 Å². The molecule has 4 rings (SSSR count). The van der Waals surface area contributed by atoms with E-state index in [1.165, 1.54) is 11.3 Å². The summed E-state index contributed by atoms with van der Waals surface area (Å²) in [6.45, 7) is 0. The van der Waals surface area contributed by atoms with Crippen LogP contribution in [0.25, 0.3) is 11.3 Å². The first-order valence-corrected chi connectivity index (χ1v) is 10.0. The average Bonchev–Trinajstić information content (AvgIpc) is 3.32. The Bertz CT molecular complexity index is 885. The summed E-state index contributed by atoms with van der Waals surface area (Å²) in [6, 6.07) is 5.21. The van der Waals surface area contributed by atoms with Gasteiger partial charge in [-0.3, -0.25) is 4.79 Å². The Labute approximate surface area is 164 Å². The van der Waals surface area contributed by atoms with Gasteiger partial charge in [-0.1, -0.05) is 29.3 Å². The highest BCUT2D eigenvalue weighted by molar-refractivity contribution is 7.14. The van der Waals surface area contributed by atoms with Crippen molar-refractivity contribution in [3.8, 4) is 11.3 Å². The number of fused-ring (bicyclic) bond motifs is 2. The van der Waals surface area contributed by atoms with Crippen molar-refractivity contribution in [3.05, 3.63) is 33.6 Å². The van der Waals surface area contributed by atoms with E-state index in [4.69, 9.17) is 23.2 Å². The molecule has 2 aromatic rings. The molecule has 2 saturated carbocycles. The third-order valence-corrected chi connectivity index (χ3v) is 6.94. The molecule has 136 valence electrons. The van der Waals surface area contributed by atoms with Gasteiger partial charge in [-0.25, -0.2) is 4.98 Å². The van der Waals surface area contributed by atoms with Gasteiger partial charge in [-0.05, 0) is 43.2 Å². The van der Waals surface area contributed by atoms with E-state index in [-0.39, 0.29) is 17.7 Å². The van der Waals surface area contributed by atoms with Gasteiger partial charge in [0.15, 0.2) is 5.13 Å². The highest BCUT2D eigenvalue weighted by Crippen LogP contribution is 2.52. The summed E-state index contributed by atoms with van der Waals surface area (Å²) in [4.78, 5) is 28.6. The number of carbonyl (C=O) groups excluding carboxylic acids is 2. The molecule has 0 saturated heterocycles. The predicted octanol–water partition coefficient (Wildman–Crippen LogP) is 3.47. The van der Waals surface area contributed by atoms with Gasteiger partial charge in [-0.2, -0.15) is 0 Å². The lowest BCUT2D eigenvalue weighted by atomic mass is 9.79. The molecule has 1 heterocycles. The Morgan fingerprint density at radius 1 is 1.15 bits per heavy atom. The van der Waals surface area contributed by atoms with Crippen molar-refractivity contribution in [2.75, 3.05) is 5.32 Å². The van der Waals surface area contributed by atoms with Gasteiger partial charge < -0.3 is 15.2 Å². The van der Waals surface area contributed by atoms with Gasteiger partial charge in [0, 0.05) is 28.7 Å². The fourth-order valence-electron chi connectivity index (χ4n) is 4.32. The zero-order valence-corrected chi connectivity index (χ0v) is 15.9. The van der Waals surface area contributed by atoms with Gasteiger partial charge in [-0.15, -0.1) is 11.3 Å². The van der Waals surface area contributed by atoms with Gasteiger partial charge in [0.1, 0.15) is 0 Å². The summed E-state index contributed by atoms with van der Waals surface area (Å²) in [6.07, 6.45) is 2.56. The smallest absolute Gasteiger partial charge is 0.230 e. The monoisotopic (exact) mass is 409 g/mol. The normalized spacial score (nSPS) is 26.8. The van der Waals surface area contributed by atoms with Crippen LogP contribution in [0.1, 0.15) is 19.3 Å². The third-order valence-electron chi connectivity index (χ3n) is 5.44. The Morgan fingerprint density at radius 2 is 1.88 bits per heavy atom. The van der Waals surface area contributed by atoms with E-state index in [2.05, 4.69) is 10.3 Å². The van der Waals surface area contributed by atoms with Crippen molar-refractivity contribution in [3.63, 3.8) is 0 Å². The third kappa shape index (κ3) is 3.10. The lowest BCUT2D eigenvalue weighted by Crippen LogP contribution is -2.43. The number of carboxylic acid groups (broad SMARTS) is 1. The van der Waals surface area contributed by atoms with Gasteiger partial charge in [0.25, 0.3) is 0 Å². The number of nitrogens with one attached hydrogen (secondary N) is 1. The Hall–Kier alpha value is -1.63. The van der Waals surface area contributed by atoms with E-state index >= 15 is 0 Å². The molecule has 2 aliphatic carbocycles. The highest BCUT2D eigenvalue weighted by Gasteiger charge is 2.51. The Kier molecular flexibility index (Phi) is 4.67. The van der Waals surface area contributed by atoms with Crippen molar-refractivity contribution >= 4 is 51.5 Å². The van der Waals surface area contributed by atoms with Crippen LogP contribution in [0.3, 0.4) is 0 Å². The number of anilines is 1. The zero-order valence-electron chi connectivity index (χ0n) is 13.6. The first kappa shape index (κ1) is 17.8. The van der Waals surface area contributed by atoms with Crippen LogP contribution in [-0.2, 0) is 9.59 Å². The first-order valence-electron chi connectivity index (χ1n) is 8.36. The predicted molar refractivity (Wildman–Crippen MR) is 99.0 cm³/mol. The summed E-state index contributed by atoms with van der Waals surface area (Å²) < 4.78 is 0. The molecule has 8 heteroatoms. The summed E-state index contributed by atoms with van der Waals surface area (Å²) in [7, 11) is 0. The molecular weight excluding hydrogens is 395 g/mol. The summed E-state index contributed by atoms with van der Waals surface area (Å²) in [5.41, 5.74) is 1.47. The largest absolute Gasteiger partial charge is 0.550 e. The number of nitrogens with zero attached hydrogens (tertiary/aromatic N) is 1. The standard InChI is InChI=1S/C18H16Cl2N2O3S/c19-11-4-3-8(6-12(11)20)13-7-26-18(21-13)22-16(23)14-9-1-2-10(5-9)15(14)17(24)25/h3-4,6-7,9-10,14-15H,1-2,5H2,(H,24,25)(H,21,22,23)/p-1/t9-,10-,14-,15-/m0/s1. The number of rotatable bonds is 4. The minimum atomic E-state index is -1.12. The maximum absolute atomic E-state index is 12.7. The molecule has 5 nitrogen and oxygen atoms in total. The summed E-state index contributed by atoms with van der Waals surface area (Å²) in [5.74, 6) is -2.44. The second kappa shape index (κ2) is 6.83. The first-order chi connectivity index (χ1) is 12.4. The Balaban J connectivity index is 1.51. The molecule has 1 aromatic carbocycles. The maximum atomic E-state index is 12.7. The molecule has 0 radical (unpaired) electrons. The number of thiazole rings is 1. The molecule has 2 bridgehead atoms. The Morgan fingerprint density at radius 3 is 2.58 bits per heavy atom. The van der Waals surface area contributed by atoms with E-state index in [9.17, 15) is 14.7 Å². The molecule has 26 heavy (non-hydrogen) atoms. The molecule has 0 aliphatic heterocycles. The average molecular weight is 410 g/mol. The van der Waals surface area contributed by atoms with Crippen LogP contribution in [0.15, 0.2) is 23.6 Å². The molecule has 1 N–H and O–H groups in total. The second-order valence-electron chi connectivity index (χ2n) is 6.86. The molecule has 0 unspecified atom stereocenters. The van der Waals surface area contributed by atoms with Crippen molar-refractivity contribution in [2.45, 2.75) is 19.3 Å². The topological polar surface area (TPSA) is 82.1 Å². The number of aliphatic carboxylic acids is 1.